The topological polar surface area (TPSA) is 64.3 Å². The summed E-state index contributed by atoms with van der Waals surface area (Å²) in [6, 6.07) is 7.39. The average Bonchev–Trinajstić information content (AvgIpc) is 2.98. The Bertz CT molecular complexity index is 468. The van der Waals surface area contributed by atoms with Gasteiger partial charge in [0, 0.05) is 18.2 Å². The SMILES string of the molecule is CC(C)Oc1cccc(C(=O)NC(CN)C2CCCC2)c1. The number of carbonyl (C=O) groups is 1. The summed E-state index contributed by atoms with van der Waals surface area (Å²) in [5.41, 5.74) is 6.46. The predicted molar refractivity (Wildman–Crippen MR) is 84.5 cm³/mol. The van der Waals surface area contributed by atoms with E-state index in [1.807, 2.05) is 32.0 Å². The lowest BCUT2D eigenvalue weighted by Gasteiger charge is -2.23. The van der Waals surface area contributed by atoms with E-state index in [1.165, 1.54) is 25.7 Å². The smallest absolute Gasteiger partial charge is 0.251 e. The van der Waals surface area contributed by atoms with Gasteiger partial charge in [-0.3, -0.25) is 4.79 Å². The molecule has 116 valence electrons. The van der Waals surface area contributed by atoms with Gasteiger partial charge in [0.1, 0.15) is 5.75 Å². The van der Waals surface area contributed by atoms with Gasteiger partial charge in [-0.25, -0.2) is 0 Å². The van der Waals surface area contributed by atoms with Gasteiger partial charge in [0.05, 0.1) is 6.10 Å². The molecule has 1 amide bonds. The molecule has 0 aromatic heterocycles. The predicted octanol–water partition coefficient (Wildman–Crippen LogP) is 2.72. The molecule has 0 heterocycles. The number of benzene rings is 1. The van der Waals surface area contributed by atoms with Crippen molar-refractivity contribution in [3.05, 3.63) is 29.8 Å². The molecule has 1 fully saturated rings. The molecule has 1 aromatic carbocycles. The number of rotatable bonds is 6. The molecule has 1 aromatic rings. The van der Waals surface area contributed by atoms with Crippen LogP contribution in [-0.4, -0.2) is 24.6 Å². The highest BCUT2D eigenvalue weighted by Gasteiger charge is 2.25. The Hall–Kier alpha value is -1.55. The van der Waals surface area contributed by atoms with Crippen LogP contribution in [0.3, 0.4) is 0 Å². The second kappa shape index (κ2) is 7.46. The quantitative estimate of drug-likeness (QED) is 0.846. The summed E-state index contributed by atoms with van der Waals surface area (Å²) in [6.45, 7) is 4.44. The van der Waals surface area contributed by atoms with E-state index < -0.39 is 0 Å². The van der Waals surface area contributed by atoms with Gasteiger partial charge in [-0.1, -0.05) is 18.9 Å². The van der Waals surface area contributed by atoms with Crippen LogP contribution in [0.15, 0.2) is 24.3 Å². The minimum atomic E-state index is -0.0634. The van der Waals surface area contributed by atoms with Crippen LogP contribution in [-0.2, 0) is 0 Å². The lowest BCUT2D eigenvalue weighted by molar-refractivity contribution is 0.0923. The molecule has 1 aliphatic carbocycles. The van der Waals surface area contributed by atoms with Crippen LogP contribution in [0.4, 0.5) is 0 Å². The highest BCUT2D eigenvalue weighted by molar-refractivity contribution is 5.94. The summed E-state index contributed by atoms with van der Waals surface area (Å²) < 4.78 is 5.63. The fourth-order valence-corrected chi connectivity index (χ4v) is 2.96. The van der Waals surface area contributed by atoms with Crippen molar-refractivity contribution >= 4 is 5.91 Å². The molecule has 0 radical (unpaired) electrons. The molecule has 1 saturated carbocycles. The zero-order chi connectivity index (χ0) is 15.2. The fourth-order valence-electron chi connectivity index (χ4n) is 2.96. The normalized spacial score (nSPS) is 17.0. The summed E-state index contributed by atoms with van der Waals surface area (Å²) in [5.74, 6) is 1.18. The number of carbonyl (C=O) groups excluding carboxylic acids is 1. The van der Waals surface area contributed by atoms with Crippen molar-refractivity contribution in [1.82, 2.24) is 5.32 Å². The Morgan fingerprint density at radius 1 is 1.38 bits per heavy atom. The minimum absolute atomic E-state index is 0.0634. The number of hydrogen-bond donors (Lipinski definition) is 2. The van der Waals surface area contributed by atoms with E-state index in [0.29, 0.717) is 18.0 Å². The first-order valence-corrected chi connectivity index (χ1v) is 7.88. The Kier molecular flexibility index (Phi) is 5.62. The van der Waals surface area contributed by atoms with Crippen LogP contribution >= 0.6 is 0 Å². The highest BCUT2D eigenvalue weighted by Crippen LogP contribution is 2.27. The summed E-state index contributed by atoms with van der Waals surface area (Å²) >= 11 is 0. The van der Waals surface area contributed by atoms with Gasteiger partial charge in [-0.2, -0.15) is 0 Å². The van der Waals surface area contributed by atoms with E-state index >= 15 is 0 Å². The number of amides is 1. The third kappa shape index (κ3) is 4.46. The molecule has 4 heteroatoms. The minimum Gasteiger partial charge on any atom is -0.491 e. The third-order valence-corrected chi connectivity index (χ3v) is 4.01. The first-order chi connectivity index (χ1) is 10.1. The molecule has 0 spiro atoms. The molecular weight excluding hydrogens is 264 g/mol. The van der Waals surface area contributed by atoms with Crippen LogP contribution in [0.25, 0.3) is 0 Å². The Morgan fingerprint density at radius 3 is 2.71 bits per heavy atom. The van der Waals surface area contributed by atoms with Crippen molar-refractivity contribution in [1.29, 1.82) is 0 Å². The van der Waals surface area contributed by atoms with Crippen molar-refractivity contribution < 1.29 is 9.53 Å². The van der Waals surface area contributed by atoms with Crippen molar-refractivity contribution in [2.75, 3.05) is 6.54 Å². The first kappa shape index (κ1) is 15.8. The van der Waals surface area contributed by atoms with Crippen molar-refractivity contribution in [2.24, 2.45) is 11.7 Å². The second-order valence-corrected chi connectivity index (χ2v) is 6.05. The molecular formula is C17H26N2O2. The van der Waals surface area contributed by atoms with Crippen molar-refractivity contribution in [2.45, 2.75) is 51.7 Å². The Balaban J connectivity index is 2.01. The van der Waals surface area contributed by atoms with Crippen molar-refractivity contribution in [3.8, 4) is 5.75 Å². The maximum atomic E-state index is 12.4. The standard InChI is InChI=1S/C17H26N2O2/c1-12(2)21-15-9-5-8-14(10-15)17(20)19-16(11-18)13-6-3-4-7-13/h5,8-10,12-13,16H,3-4,6-7,11,18H2,1-2H3,(H,19,20). The van der Waals surface area contributed by atoms with E-state index in [4.69, 9.17) is 10.5 Å². The van der Waals surface area contributed by atoms with E-state index in [9.17, 15) is 4.79 Å². The molecule has 0 aliphatic heterocycles. The third-order valence-electron chi connectivity index (χ3n) is 4.01. The molecule has 21 heavy (non-hydrogen) atoms. The van der Waals surface area contributed by atoms with Crippen LogP contribution in [0.1, 0.15) is 49.9 Å². The Morgan fingerprint density at radius 2 is 2.10 bits per heavy atom. The molecule has 1 aliphatic rings. The Labute approximate surface area is 127 Å². The first-order valence-electron chi connectivity index (χ1n) is 7.88. The fraction of sp³-hybridized carbons (Fsp3) is 0.588. The van der Waals surface area contributed by atoms with Gasteiger partial charge < -0.3 is 15.8 Å². The molecule has 1 unspecified atom stereocenters. The zero-order valence-electron chi connectivity index (χ0n) is 13.0. The maximum absolute atomic E-state index is 12.4. The summed E-state index contributed by atoms with van der Waals surface area (Å²) in [7, 11) is 0. The molecule has 3 N–H and O–H groups in total. The zero-order valence-corrected chi connectivity index (χ0v) is 13.0. The van der Waals surface area contributed by atoms with Gasteiger partial charge in [0.15, 0.2) is 0 Å². The van der Waals surface area contributed by atoms with Gasteiger partial charge in [-0.05, 0) is 50.8 Å². The largest absolute Gasteiger partial charge is 0.491 e. The van der Waals surface area contributed by atoms with Gasteiger partial charge >= 0.3 is 0 Å². The summed E-state index contributed by atoms with van der Waals surface area (Å²) in [4.78, 5) is 12.4. The second-order valence-electron chi connectivity index (χ2n) is 6.05. The monoisotopic (exact) mass is 290 g/mol. The van der Waals surface area contributed by atoms with Crippen LogP contribution in [0, 0.1) is 5.92 Å². The lowest BCUT2D eigenvalue weighted by atomic mass is 9.98. The van der Waals surface area contributed by atoms with Gasteiger partial charge in [0.2, 0.25) is 0 Å². The summed E-state index contributed by atoms with van der Waals surface area (Å²) in [6.07, 6.45) is 4.92. The van der Waals surface area contributed by atoms with Crippen molar-refractivity contribution in [3.63, 3.8) is 0 Å². The van der Waals surface area contributed by atoms with E-state index in [0.717, 1.165) is 5.75 Å². The van der Waals surface area contributed by atoms with E-state index in [1.54, 1.807) is 6.07 Å². The molecule has 4 nitrogen and oxygen atoms in total. The summed E-state index contributed by atoms with van der Waals surface area (Å²) in [5, 5.41) is 3.09. The van der Waals surface area contributed by atoms with Gasteiger partial charge in [-0.15, -0.1) is 0 Å². The molecule has 0 saturated heterocycles. The van der Waals surface area contributed by atoms with Gasteiger partial charge in [0.25, 0.3) is 5.91 Å². The molecule has 0 bridgehead atoms. The number of nitrogens with one attached hydrogen (secondary N) is 1. The average molecular weight is 290 g/mol. The lowest BCUT2D eigenvalue weighted by Crippen LogP contribution is -2.44. The van der Waals surface area contributed by atoms with E-state index in [2.05, 4.69) is 5.32 Å². The highest BCUT2D eigenvalue weighted by atomic mass is 16.5. The number of hydrogen-bond acceptors (Lipinski definition) is 3. The molecule has 2 rings (SSSR count). The number of ether oxygens (including phenoxy) is 1. The molecule has 1 atom stereocenters. The van der Waals surface area contributed by atoms with Crippen LogP contribution < -0.4 is 15.8 Å². The van der Waals surface area contributed by atoms with E-state index in [-0.39, 0.29) is 18.1 Å². The van der Waals surface area contributed by atoms with Crippen LogP contribution in [0.5, 0.6) is 5.75 Å². The van der Waals surface area contributed by atoms with Crippen LogP contribution in [0.2, 0.25) is 0 Å². The number of nitrogens with two attached hydrogens (primary N) is 1. The maximum Gasteiger partial charge on any atom is 0.251 e.